The molecule has 2 saturated carbocycles. The van der Waals surface area contributed by atoms with Gasteiger partial charge >= 0.3 is 0 Å². The van der Waals surface area contributed by atoms with Crippen LogP contribution in [0.3, 0.4) is 0 Å². The minimum atomic E-state index is 0.282. The molecule has 2 aliphatic rings. The van der Waals surface area contributed by atoms with Crippen LogP contribution in [0, 0.1) is 25.7 Å². The van der Waals surface area contributed by atoms with Crippen LogP contribution in [-0.2, 0) is 5.41 Å². The molecular formula is C21H24. The monoisotopic (exact) mass is 276 g/mol. The zero-order chi connectivity index (χ0) is 14.4. The van der Waals surface area contributed by atoms with Crippen LogP contribution in [0.25, 0.3) is 0 Å². The van der Waals surface area contributed by atoms with Crippen LogP contribution in [0.1, 0.15) is 47.9 Å². The van der Waals surface area contributed by atoms with Gasteiger partial charge in [0, 0.05) is 5.41 Å². The Labute approximate surface area is 128 Å². The van der Waals surface area contributed by atoms with Crippen molar-refractivity contribution in [1.82, 2.24) is 0 Å². The van der Waals surface area contributed by atoms with Crippen molar-refractivity contribution in [3.8, 4) is 0 Å². The van der Waals surface area contributed by atoms with Crippen LogP contribution in [0.15, 0.2) is 48.5 Å². The Morgan fingerprint density at radius 2 is 1.29 bits per heavy atom. The quantitative estimate of drug-likeness (QED) is 0.688. The Kier molecular flexibility index (Phi) is 2.96. The first-order valence-electron chi connectivity index (χ1n) is 8.33. The summed E-state index contributed by atoms with van der Waals surface area (Å²) in [6.45, 7) is 4.37. The summed E-state index contributed by atoms with van der Waals surface area (Å²) < 4.78 is 0. The molecule has 2 aromatic rings. The zero-order valence-corrected chi connectivity index (χ0v) is 13.1. The molecule has 2 aromatic carbocycles. The zero-order valence-electron chi connectivity index (χ0n) is 13.1. The molecule has 0 saturated heterocycles. The molecule has 0 aromatic heterocycles. The highest BCUT2D eigenvalue weighted by molar-refractivity contribution is 5.44. The molecule has 2 fully saturated rings. The molecule has 0 spiro atoms. The number of hydrogen-bond donors (Lipinski definition) is 0. The Morgan fingerprint density at radius 1 is 0.762 bits per heavy atom. The minimum absolute atomic E-state index is 0.282. The maximum Gasteiger partial charge on any atom is 0.0233 e. The van der Waals surface area contributed by atoms with Crippen LogP contribution in [0.2, 0.25) is 0 Å². The third-order valence-electron chi connectivity index (χ3n) is 5.98. The molecule has 0 radical (unpaired) electrons. The average molecular weight is 276 g/mol. The Bertz CT molecular complexity index is 587. The highest BCUT2D eigenvalue weighted by atomic mass is 14.6. The molecule has 0 amide bonds. The number of rotatable bonds is 2. The number of benzene rings is 2. The van der Waals surface area contributed by atoms with Gasteiger partial charge in [0.25, 0.3) is 0 Å². The first kappa shape index (κ1) is 13.1. The van der Waals surface area contributed by atoms with Crippen molar-refractivity contribution < 1.29 is 0 Å². The second kappa shape index (κ2) is 4.73. The normalized spacial score (nSPS) is 26.2. The smallest absolute Gasteiger partial charge is 0.0233 e. The molecule has 2 aliphatic carbocycles. The van der Waals surface area contributed by atoms with E-state index in [0.29, 0.717) is 0 Å². The fourth-order valence-electron chi connectivity index (χ4n) is 4.91. The van der Waals surface area contributed by atoms with Gasteiger partial charge in [0.15, 0.2) is 0 Å². The molecule has 2 atom stereocenters. The Morgan fingerprint density at radius 3 is 1.67 bits per heavy atom. The standard InChI is InChI=1S/C21H24/c1-15-3-8-18(9-4-15)21(14-17-7-12-20(21)13-17)19-10-5-16(2)6-11-19/h3-6,8-11,17,20H,7,12-14H2,1-2H3. The fourth-order valence-corrected chi connectivity index (χ4v) is 4.91. The van der Waals surface area contributed by atoms with Crippen LogP contribution >= 0.6 is 0 Å². The van der Waals surface area contributed by atoms with Crippen molar-refractivity contribution in [1.29, 1.82) is 0 Å². The molecule has 0 heterocycles. The van der Waals surface area contributed by atoms with E-state index < -0.39 is 0 Å². The molecule has 0 nitrogen and oxygen atoms in total. The van der Waals surface area contributed by atoms with Gasteiger partial charge in [0.1, 0.15) is 0 Å². The first-order valence-corrected chi connectivity index (χ1v) is 8.33. The first-order chi connectivity index (χ1) is 10.2. The molecular weight excluding hydrogens is 252 g/mol. The molecule has 2 bridgehead atoms. The van der Waals surface area contributed by atoms with Crippen LogP contribution in [0.4, 0.5) is 0 Å². The summed E-state index contributed by atoms with van der Waals surface area (Å²) >= 11 is 0. The van der Waals surface area contributed by atoms with Crippen molar-refractivity contribution in [2.45, 2.75) is 44.9 Å². The maximum absolute atomic E-state index is 2.38. The summed E-state index contributed by atoms with van der Waals surface area (Å²) in [6.07, 6.45) is 5.64. The second-order valence-corrected chi connectivity index (χ2v) is 7.28. The van der Waals surface area contributed by atoms with Gasteiger partial charge < -0.3 is 0 Å². The predicted molar refractivity (Wildman–Crippen MR) is 88.6 cm³/mol. The second-order valence-electron chi connectivity index (χ2n) is 7.28. The number of aryl methyl sites for hydroxylation is 2. The Hall–Kier alpha value is -1.56. The number of hydrogen-bond acceptors (Lipinski definition) is 0. The highest BCUT2D eigenvalue weighted by Crippen LogP contribution is 2.59. The van der Waals surface area contributed by atoms with E-state index in [1.165, 1.54) is 36.8 Å². The molecule has 4 rings (SSSR count). The van der Waals surface area contributed by atoms with Gasteiger partial charge in [-0.05, 0) is 56.1 Å². The van der Waals surface area contributed by atoms with E-state index in [2.05, 4.69) is 62.4 Å². The van der Waals surface area contributed by atoms with Gasteiger partial charge in [-0.1, -0.05) is 66.1 Å². The van der Waals surface area contributed by atoms with Gasteiger partial charge in [-0.15, -0.1) is 0 Å². The third kappa shape index (κ3) is 1.96. The molecule has 21 heavy (non-hydrogen) atoms. The molecule has 0 heteroatoms. The molecule has 108 valence electrons. The van der Waals surface area contributed by atoms with E-state index in [9.17, 15) is 0 Å². The molecule has 0 aliphatic heterocycles. The van der Waals surface area contributed by atoms with E-state index in [0.717, 1.165) is 11.8 Å². The van der Waals surface area contributed by atoms with Crippen LogP contribution < -0.4 is 0 Å². The van der Waals surface area contributed by atoms with Gasteiger partial charge in [-0.3, -0.25) is 0 Å². The summed E-state index contributed by atoms with van der Waals surface area (Å²) in [5, 5.41) is 0. The predicted octanol–water partition coefficient (Wildman–Crippen LogP) is 5.41. The topological polar surface area (TPSA) is 0 Å². The lowest BCUT2D eigenvalue weighted by molar-refractivity contribution is 0.320. The lowest BCUT2D eigenvalue weighted by Gasteiger charge is -2.39. The summed E-state index contributed by atoms with van der Waals surface area (Å²) in [7, 11) is 0. The molecule has 0 N–H and O–H groups in total. The minimum Gasteiger partial charge on any atom is -0.0590 e. The van der Waals surface area contributed by atoms with Gasteiger partial charge in [0.2, 0.25) is 0 Å². The van der Waals surface area contributed by atoms with Crippen molar-refractivity contribution >= 4 is 0 Å². The van der Waals surface area contributed by atoms with E-state index >= 15 is 0 Å². The largest absolute Gasteiger partial charge is 0.0590 e. The van der Waals surface area contributed by atoms with Crippen LogP contribution in [-0.4, -0.2) is 0 Å². The van der Waals surface area contributed by atoms with E-state index in [1.54, 1.807) is 11.1 Å². The molecule has 2 unspecified atom stereocenters. The average Bonchev–Trinajstić information content (AvgIpc) is 3.10. The fraction of sp³-hybridized carbons (Fsp3) is 0.429. The number of fused-ring (bicyclic) bond motifs is 2. The van der Waals surface area contributed by atoms with Crippen molar-refractivity contribution in [3.05, 3.63) is 70.8 Å². The lowest BCUT2D eigenvalue weighted by atomic mass is 9.64. The van der Waals surface area contributed by atoms with E-state index in [1.807, 2.05) is 0 Å². The van der Waals surface area contributed by atoms with Gasteiger partial charge in [-0.25, -0.2) is 0 Å². The van der Waals surface area contributed by atoms with E-state index in [4.69, 9.17) is 0 Å². The Balaban J connectivity index is 1.87. The van der Waals surface area contributed by atoms with E-state index in [-0.39, 0.29) is 5.41 Å². The van der Waals surface area contributed by atoms with Crippen LogP contribution in [0.5, 0.6) is 0 Å². The summed E-state index contributed by atoms with van der Waals surface area (Å²) in [6, 6.07) is 18.7. The van der Waals surface area contributed by atoms with Gasteiger partial charge in [-0.2, -0.15) is 0 Å². The summed E-state index contributed by atoms with van der Waals surface area (Å²) in [5.74, 6) is 1.78. The van der Waals surface area contributed by atoms with Crippen molar-refractivity contribution in [2.75, 3.05) is 0 Å². The maximum atomic E-state index is 2.38. The van der Waals surface area contributed by atoms with Crippen molar-refractivity contribution in [3.63, 3.8) is 0 Å². The van der Waals surface area contributed by atoms with Gasteiger partial charge in [0.05, 0.1) is 0 Å². The SMILES string of the molecule is Cc1ccc(C2(c3ccc(C)cc3)CC3CCC2C3)cc1. The van der Waals surface area contributed by atoms with Crippen molar-refractivity contribution in [2.24, 2.45) is 11.8 Å². The highest BCUT2D eigenvalue weighted by Gasteiger charge is 2.52. The lowest BCUT2D eigenvalue weighted by Crippen LogP contribution is -2.34. The summed E-state index contributed by atoms with van der Waals surface area (Å²) in [5.41, 5.74) is 6.10. The third-order valence-corrected chi connectivity index (χ3v) is 5.98. The summed E-state index contributed by atoms with van der Waals surface area (Å²) in [4.78, 5) is 0.